The number of fused-ring (bicyclic) bond motifs is 1. The summed E-state index contributed by atoms with van der Waals surface area (Å²) in [5.74, 6) is 1.99. The van der Waals surface area contributed by atoms with E-state index in [-0.39, 0.29) is 11.9 Å². The van der Waals surface area contributed by atoms with E-state index in [1.807, 2.05) is 55.5 Å². The van der Waals surface area contributed by atoms with E-state index < -0.39 is 0 Å². The maximum Gasteiger partial charge on any atom is 0.229 e. The average Bonchev–Trinajstić information content (AvgIpc) is 3.38. The molecule has 6 nitrogen and oxygen atoms in total. The van der Waals surface area contributed by atoms with Gasteiger partial charge in [-0.1, -0.05) is 59.4 Å². The van der Waals surface area contributed by atoms with E-state index in [0.717, 1.165) is 27.6 Å². The maximum atomic E-state index is 12.2. The number of nitrogens with one attached hydrogen (secondary N) is 1. The van der Waals surface area contributed by atoms with Crippen LogP contribution in [0.4, 0.5) is 0 Å². The molecule has 0 radical (unpaired) electrons. The Morgan fingerprint density at radius 3 is 2.77 bits per heavy atom. The number of rotatable bonds is 9. The number of amides is 1. The van der Waals surface area contributed by atoms with E-state index >= 15 is 0 Å². The molecule has 1 N–H and O–H groups in total. The zero-order valence-corrected chi connectivity index (χ0v) is 18.2. The quantitative estimate of drug-likeness (QED) is 0.294. The zero-order chi connectivity index (χ0) is 20.8. The lowest BCUT2D eigenvalue weighted by molar-refractivity contribution is -0.121. The smallest absolute Gasteiger partial charge is 0.229 e. The molecule has 4 aromatic rings. The lowest BCUT2D eigenvalue weighted by atomic mass is 10.2. The Labute approximate surface area is 183 Å². The Hall–Kier alpha value is -2.71. The van der Waals surface area contributed by atoms with Gasteiger partial charge in [0, 0.05) is 30.2 Å². The van der Waals surface area contributed by atoms with E-state index in [1.54, 1.807) is 23.1 Å². The molecule has 0 bridgehead atoms. The topological polar surface area (TPSA) is 80.9 Å². The molecule has 2 aromatic heterocycles. The molecule has 2 aromatic carbocycles. The number of hydrogen-bond acceptors (Lipinski definition) is 7. The summed E-state index contributed by atoms with van der Waals surface area (Å²) in [4.78, 5) is 21.2. The molecule has 0 fully saturated rings. The first kappa shape index (κ1) is 20.6. The van der Waals surface area contributed by atoms with Gasteiger partial charge >= 0.3 is 0 Å². The largest absolute Gasteiger partial charge is 0.353 e. The van der Waals surface area contributed by atoms with Gasteiger partial charge in [0.1, 0.15) is 0 Å². The van der Waals surface area contributed by atoms with Crippen LogP contribution < -0.4 is 5.32 Å². The highest BCUT2D eigenvalue weighted by Crippen LogP contribution is 2.29. The highest BCUT2D eigenvalue weighted by atomic mass is 32.2. The molecule has 30 heavy (non-hydrogen) atoms. The number of para-hydroxylation sites is 1. The van der Waals surface area contributed by atoms with Crippen molar-refractivity contribution in [2.24, 2.45) is 0 Å². The molecule has 0 unspecified atom stereocenters. The summed E-state index contributed by atoms with van der Waals surface area (Å²) in [6.45, 7) is 1.94. The second kappa shape index (κ2) is 9.86. The SMILES string of the molecule is C[C@@H](Cc1nc(-c2ccccc2)no1)NC(=O)CCCSc1nc2ccccc2s1. The maximum absolute atomic E-state index is 12.2. The number of benzene rings is 2. The van der Waals surface area contributed by atoms with Gasteiger partial charge in [-0.05, 0) is 25.5 Å². The van der Waals surface area contributed by atoms with Crippen molar-refractivity contribution in [1.29, 1.82) is 0 Å². The van der Waals surface area contributed by atoms with Crippen molar-refractivity contribution in [2.75, 3.05) is 5.75 Å². The van der Waals surface area contributed by atoms with E-state index in [2.05, 4.69) is 26.5 Å². The summed E-state index contributed by atoms with van der Waals surface area (Å²) in [6.07, 6.45) is 1.80. The van der Waals surface area contributed by atoms with Crippen molar-refractivity contribution < 1.29 is 9.32 Å². The molecule has 0 spiro atoms. The third-order valence-corrected chi connectivity index (χ3v) is 6.70. The molecule has 8 heteroatoms. The van der Waals surface area contributed by atoms with Gasteiger partial charge in [-0.2, -0.15) is 4.98 Å². The van der Waals surface area contributed by atoms with Crippen molar-refractivity contribution in [2.45, 2.75) is 36.6 Å². The van der Waals surface area contributed by atoms with E-state index in [1.165, 1.54) is 4.70 Å². The first-order valence-electron chi connectivity index (χ1n) is 9.83. The molecular weight excluding hydrogens is 416 g/mol. The molecule has 4 rings (SSSR count). The number of thioether (sulfide) groups is 1. The normalized spacial score (nSPS) is 12.2. The molecule has 2 heterocycles. The molecule has 0 aliphatic carbocycles. The van der Waals surface area contributed by atoms with Crippen molar-refractivity contribution in [1.82, 2.24) is 20.4 Å². The lowest BCUT2D eigenvalue weighted by Crippen LogP contribution is -2.34. The molecular formula is C22H22N4O2S2. The van der Waals surface area contributed by atoms with Crippen LogP contribution in [0.15, 0.2) is 63.5 Å². The van der Waals surface area contributed by atoms with Crippen LogP contribution in [0.2, 0.25) is 0 Å². The summed E-state index contributed by atoms with van der Waals surface area (Å²) >= 11 is 3.40. The van der Waals surface area contributed by atoms with Crippen LogP contribution in [-0.4, -0.2) is 32.8 Å². The number of thiazole rings is 1. The van der Waals surface area contributed by atoms with Crippen molar-refractivity contribution >= 4 is 39.2 Å². The fourth-order valence-corrected chi connectivity index (χ4v) is 5.09. The number of carbonyl (C=O) groups is 1. The molecule has 1 amide bonds. The number of carbonyl (C=O) groups excluding carboxylic acids is 1. The number of hydrogen-bond donors (Lipinski definition) is 1. The predicted molar refractivity (Wildman–Crippen MR) is 121 cm³/mol. The zero-order valence-electron chi connectivity index (χ0n) is 16.6. The molecule has 0 aliphatic rings. The van der Waals surface area contributed by atoms with Crippen LogP contribution in [0.5, 0.6) is 0 Å². The second-order valence-electron chi connectivity index (χ2n) is 6.95. The molecule has 1 atom stereocenters. The summed E-state index contributed by atoms with van der Waals surface area (Å²) in [5.41, 5.74) is 1.95. The first-order chi connectivity index (χ1) is 14.7. The summed E-state index contributed by atoms with van der Waals surface area (Å²) in [5, 5.41) is 7.03. The standard InChI is InChI=1S/C22H22N4O2S2/c1-15(14-20-25-21(26-28-20)16-8-3-2-4-9-16)23-19(27)12-7-13-29-22-24-17-10-5-6-11-18(17)30-22/h2-6,8-11,15H,7,12-14H2,1H3,(H,23,27)/t15-/m0/s1. The van der Waals surface area contributed by atoms with Crippen LogP contribution in [0, 0.1) is 0 Å². The highest BCUT2D eigenvalue weighted by molar-refractivity contribution is 8.01. The van der Waals surface area contributed by atoms with Crippen molar-refractivity contribution in [3.63, 3.8) is 0 Å². The second-order valence-corrected chi connectivity index (χ2v) is 9.32. The average molecular weight is 439 g/mol. The highest BCUT2D eigenvalue weighted by Gasteiger charge is 2.14. The Bertz CT molecular complexity index is 1080. The van der Waals surface area contributed by atoms with Crippen LogP contribution >= 0.6 is 23.1 Å². The van der Waals surface area contributed by atoms with Gasteiger partial charge in [0.2, 0.25) is 17.6 Å². The van der Waals surface area contributed by atoms with Crippen LogP contribution in [0.3, 0.4) is 0 Å². The van der Waals surface area contributed by atoms with E-state index in [4.69, 9.17) is 4.52 Å². The third-order valence-electron chi connectivity index (χ3n) is 4.44. The van der Waals surface area contributed by atoms with Gasteiger partial charge in [-0.3, -0.25) is 4.79 Å². The molecule has 0 saturated carbocycles. The van der Waals surface area contributed by atoms with Gasteiger partial charge in [0.25, 0.3) is 0 Å². The number of nitrogens with zero attached hydrogens (tertiary/aromatic N) is 3. The van der Waals surface area contributed by atoms with Gasteiger partial charge in [-0.25, -0.2) is 4.98 Å². The van der Waals surface area contributed by atoms with Crippen LogP contribution in [-0.2, 0) is 11.2 Å². The summed E-state index contributed by atoms with van der Waals surface area (Å²) in [7, 11) is 0. The predicted octanol–water partition coefficient (Wildman–Crippen LogP) is 4.97. The minimum Gasteiger partial charge on any atom is -0.353 e. The van der Waals surface area contributed by atoms with Gasteiger partial charge in [-0.15, -0.1) is 11.3 Å². The summed E-state index contributed by atoms with van der Waals surface area (Å²) < 4.78 is 7.57. The molecule has 0 saturated heterocycles. The summed E-state index contributed by atoms with van der Waals surface area (Å²) in [6, 6.07) is 17.7. The third kappa shape index (κ3) is 5.46. The fraction of sp³-hybridized carbons (Fsp3) is 0.273. The Morgan fingerprint density at radius 2 is 1.93 bits per heavy atom. The Morgan fingerprint density at radius 1 is 1.13 bits per heavy atom. The minimum atomic E-state index is -0.0708. The van der Waals surface area contributed by atoms with Crippen molar-refractivity contribution in [3.8, 4) is 11.4 Å². The van der Waals surface area contributed by atoms with Crippen molar-refractivity contribution in [3.05, 3.63) is 60.5 Å². The van der Waals surface area contributed by atoms with E-state index in [0.29, 0.717) is 24.6 Å². The molecule has 0 aliphatic heterocycles. The van der Waals surface area contributed by atoms with Crippen LogP contribution in [0.1, 0.15) is 25.7 Å². The Kier molecular flexibility index (Phi) is 6.76. The monoisotopic (exact) mass is 438 g/mol. The van der Waals surface area contributed by atoms with E-state index in [9.17, 15) is 4.79 Å². The van der Waals surface area contributed by atoms with Crippen LogP contribution in [0.25, 0.3) is 21.6 Å². The van der Waals surface area contributed by atoms with Gasteiger partial charge in [0.05, 0.1) is 10.2 Å². The Balaban J connectivity index is 1.18. The van der Waals surface area contributed by atoms with Gasteiger partial charge in [0.15, 0.2) is 4.34 Å². The van der Waals surface area contributed by atoms with Gasteiger partial charge < -0.3 is 9.84 Å². The fourth-order valence-electron chi connectivity index (χ4n) is 3.01. The number of aromatic nitrogens is 3. The first-order valence-corrected chi connectivity index (χ1v) is 11.6. The molecule has 154 valence electrons. The lowest BCUT2D eigenvalue weighted by Gasteiger charge is -2.11. The minimum absolute atomic E-state index is 0.0372.